The molecule has 290 valence electrons. The second-order valence-electron chi connectivity index (χ2n) is 13.2. The van der Waals surface area contributed by atoms with Gasteiger partial charge in [-0.05, 0) is 41.3 Å². The summed E-state index contributed by atoms with van der Waals surface area (Å²) in [4.78, 5) is 38.5. The number of fused-ring (bicyclic) bond motifs is 2. The van der Waals surface area contributed by atoms with Crippen molar-refractivity contribution in [2.75, 3.05) is 0 Å². The molecular formula is C37H34O18. The van der Waals surface area contributed by atoms with Crippen molar-refractivity contribution in [2.45, 2.75) is 61.7 Å². The normalized spacial score (nSPS) is 24.2. The molecule has 0 spiro atoms. The molecule has 2 aliphatic rings. The van der Waals surface area contributed by atoms with Gasteiger partial charge in [-0.15, -0.1) is 0 Å². The number of aliphatic carboxylic acids is 1. The zero-order valence-corrected chi connectivity index (χ0v) is 28.2. The molecule has 5 unspecified atom stereocenters. The molecule has 1 heterocycles. The van der Waals surface area contributed by atoms with Crippen LogP contribution in [0.15, 0.2) is 59.4 Å². The number of carbonyl (C=O) groups is 2. The van der Waals surface area contributed by atoms with Gasteiger partial charge in [0, 0.05) is 48.6 Å². The fourth-order valence-electron chi connectivity index (χ4n) is 6.60. The number of aromatic hydroxyl groups is 7. The number of aliphatic hydroxyl groups is 4. The van der Waals surface area contributed by atoms with Crippen LogP contribution in [0.1, 0.15) is 46.0 Å². The summed E-state index contributed by atoms with van der Waals surface area (Å²) in [7, 11) is 0. The molecule has 4 aromatic rings. The van der Waals surface area contributed by atoms with Gasteiger partial charge < -0.3 is 75.5 Å². The monoisotopic (exact) mass is 766 g/mol. The van der Waals surface area contributed by atoms with E-state index in [2.05, 4.69) is 0 Å². The van der Waals surface area contributed by atoms with E-state index in [0.717, 1.165) is 42.5 Å². The van der Waals surface area contributed by atoms with Gasteiger partial charge in [-0.1, -0.05) is 12.1 Å². The molecule has 0 saturated heterocycles. The Bertz CT molecular complexity index is 2290. The molecule has 0 aromatic heterocycles. The minimum atomic E-state index is -2.48. The van der Waals surface area contributed by atoms with E-state index in [0.29, 0.717) is 6.07 Å². The van der Waals surface area contributed by atoms with Gasteiger partial charge in [0.05, 0.1) is 23.2 Å². The zero-order valence-electron chi connectivity index (χ0n) is 28.2. The van der Waals surface area contributed by atoms with Crippen LogP contribution in [0.3, 0.4) is 0 Å². The van der Waals surface area contributed by atoms with Crippen molar-refractivity contribution in [1.82, 2.24) is 0 Å². The predicted octanol–water partition coefficient (Wildman–Crippen LogP) is 1.09. The molecule has 1 saturated carbocycles. The number of phenols is 6. The van der Waals surface area contributed by atoms with Crippen molar-refractivity contribution in [3.8, 4) is 46.0 Å². The highest BCUT2D eigenvalue weighted by atomic mass is 16.6. The second kappa shape index (κ2) is 14.5. The van der Waals surface area contributed by atoms with Gasteiger partial charge in [-0.25, -0.2) is 9.59 Å². The summed E-state index contributed by atoms with van der Waals surface area (Å²) in [5.74, 6) is -7.60. The lowest BCUT2D eigenvalue weighted by Crippen LogP contribution is -2.57. The highest BCUT2D eigenvalue weighted by Gasteiger charge is 2.50. The molecule has 18 heteroatoms. The molecule has 18 nitrogen and oxygen atoms in total. The first-order valence-electron chi connectivity index (χ1n) is 16.4. The number of aliphatic hydroxyl groups excluding tert-OH is 3. The van der Waals surface area contributed by atoms with Gasteiger partial charge >= 0.3 is 11.9 Å². The Balaban J connectivity index is 1.36. The Labute approximate surface area is 308 Å². The Kier molecular flexibility index (Phi) is 10.1. The van der Waals surface area contributed by atoms with Gasteiger partial charge in [-0.3, -0.25) is 4.79 Å². The van der Waals surface area contributed by atoms with E-state index in [-0.39, 0.29) is 40.0 Å². The SMILES string of the molecule is O=C(O[C@@H]1Cc2c(O)cc(O)cc2O[C@@H]1c1ccc(O)c(O)c1)c1cc(=O)c(O)c2c(O)c(O)cc(/C=C/C(O)OC3CC(O)(C(=O)O)CC(O)C3O)c2c1. The number of esters is 1. The van der Waals surface area contributed by atoms with Crippen LogP contribution in [-0.2, 0) is 20.7 Å². The molecular weight excluding hydrogens is 732 g/mol. The van der Waals surface area contributed by atoms with E-state index in [1.165, 1.54) is 12.1 Å². The van der Waals surface area contributed by atoms with Crippen LogP contribution in [0.25, 0.3) is 16.8 Å². The lowest BCUT2D eigenvalue weighted by Gasteiger charge is -2.40. The lowest BCUT2D eigenvalue weighted by atomic mass is 9.79. The molecule has 7 atom stereocenters. The first-order chi connectivity index (χ1) is 25.9. The molecule has 1 fully saturated rings. The summed E-state index contributed by atoms with van der Waals surface area (Å²) in [6, 6.07) is 8.47. The first kappa shape index (κ1) is 38.4. The van der Waals surface area contributed by atoms with Gasteiger partial charge in [-0.2, -0.15) is 0 Å². The van der Waals surface area contributed by atoms with Crippen molar-refractivity contribution < 1.29 is 85.1 Å². The number of phenolic OH excluding ortho intramolecular Hbond substituents is 6. The summed E-state index contributed by atoms with van der Waals surface area (Å²) in [5.41, 5.74) is -4.07. The summed E-state index contributed by atoms with van der Waals surface area (Å²) in [6.07, 6.45) is -9.23. The van der Waals surface area contributed by atoms with Crippen molar-refractivity contribution >= 4 is 28.8 Å². The topological polar surface area (TPSA) is 322 Å². The first-order valence-corrected chi connectivity index (χ1v) is 16.4. The standard InChI is InChI=1S/C37H34O18/c38-17-9-21(40)19-11-27(34(54-26(19)10-17)15-1-3-20(39)22(41)7-15)55-35(49)16-5-18-14(6-23(42)32(47)30(18)33(48)24(43)8-16)2-4-29(45)53-28-13-37(52,36(50)51)12-25(44)31(28)46/h1-10,25,27-29,31,34,38-42,44-47,52H,11-13H2,(H,43,48)(H,50,51)/b4-2+/t25?,27-,28?,29?,31?,34-,37?/m1/s1. The molecule has 1 aliphatic carbocycles. The predicted molar refractivity (Wildman–Crippen MR) is 185 cm³/mol. The maximum atomic E-state index is 13.8. The fourth-order valence-corrected chi connectivity index (χ4v) is 6.60. The van der Waals surface area contributed by atoms with E-state index in [4.69, 9.17) is 14.2 Å². The van der Waals surface area contributed by atoms with Crippen LogP contribution in [-0.4, -0.2) is 110 Å². The van der Waals surface area contributed by atoms with Crippen molar-refractivity contribution in [3.63, 3.8) is 0 Å². The zero-order chi connectivity index (χ0) is 40.1. The van der Waals surface area contributed by atoms with E-state index in [1.54, 1.807) is 0 Å². The number of ether oxygens (including phenoxy) is 3. The molecule has 55 heavy (non-hydrogen) atoms. The van der Waals surface area contributed by atoms with Crippen LogP contribution in [0.4, 0.5) is 0 Å². The van der Waals surface area contributed by atoms with E-state index in [9.17, 15) is 75.7 Å². The second-order valence-corrected chi connectivity index (χ2v) is 13.2. The molecule has 4 aromatic carbocycles. The number of hydrogen-bond donors (Lipinski definition) is 12. The minimum Gasteiger partial charge on any atom is -0.508 e. The largest absolute Gasteiger partial charge is 0.508 e. The minimum absolute atomic E-state index is 0.0101. The summed E-state index contributed by atoms with van der Waals surface area (Å²) >= 11 is 0. The molecule has 6 rings (SSSR count). The van der Waals surface area contributed by atoms with Gasteiger partial charge in [0.2, 0.25) is 5.43 Å². The maximum absolute atomic E-state index is 13.8. The Morgan fingerprint density at radius 1 is 0.855 bits per heavy atom. The van der Waals surface area contributed by atoms with E-state index < -0.39 is 118 Å². The number of rotatable bonds is 8. The molecule has 0 amide bonds. The van der Waals surface area contributed by atoms with E-state index >= 15 is 0 Å². The summed E-state index contributed by atoms with van der Waals surface area (Å²) in [5, 5.41) is 122. The lowest BCUT2D eigenvalue weighted by molar-refractivity contribution is -0.216. The molecule has 1 aliphatic heterocycles. The smallest absolute Gasteiger partial charge is 0.338 e. The van der Waals surface area contributed by atoms with Crippen molar-refractivity contribution in [3.05, 3.63) is 87.1 Å². The highest BCUT2D eigenvalue weighted by Crippen LogP contribution is 2.45. The summed E-state index contributed by atoms with van der Waals surface area (Å²) in [6.45, 7) is 0. The Hall–Kier alpha value is -6.31. The third kappa shape index (κ3) is 7.44. The van der Waals surface area contributed by atoms with Crippen LogP contribution in [0.2, 0.25) is 0 Å². The number of carboxylic acids is 1. The van der Waals surface area contributed by atoms with Gasteiger partial charge in [0.15, 0.2) is 46.7 Å². The molecule has 0 radical (unpaired) electrons. The number of carbonyl (C=O) groups excluding carboxylic acids is 1. The fraction of sp³-hybridized carbons (Fsp3) is 0.270. The third-order valence-electron chi connectivity index (χ3n) is 9.41. The number of hydrogen-bond acceptors (Lipinski definition) is 17. The maximum Gasteiger partial charge on any atom is 0.338 e. The molecule has 0 bridgehead atoms. The average molecular weight is 767 g/mol. The highest BCUT2D eigenvalue weighted by molar-refractivity contribution is 6.03. The van der Waals surface area contributed by atoms with Crippen LogP contribution < -0.4 is 10.2 Å². The van der Waals surface area contributed by atoms with Crippen molar-refractivity contribution in [2.24, 2.45) is 0 Å². The van der Waals surface area contributed by atoms with E-state index in [1.807, 2.05) is 0 Å². The number of benzene rings is 3. The average Bonchev–Trinajstić information content (AvgIpc) is 3.24. The molecule has 12 N–H and O–H groups in total. The quantitative estimate of drug-likeness (QED) is 0.0678. The number of carboxylic acid groups (broad SMARTS) is 1. The van der Waals surface area contributed by atoms with Gasteiger partial charge in [0.25, 0.3) is 0 Å². The van der Waals surface area contributed by atoms with Crippen molar-refractivity contribution in [1.29, 1.82) is 0 Å². The Morgan fingerprint density at radius 3 is 2.27 bits per heavy atom. The summed E-state index contributed by atoms with van der Waals surface area (Å²) < 4.78 is 17.0. The Morgan fingerprint density at radius 2 is 1.58 bits per heavy atom. The van der Waals surface area contributed by atoms with Crippen LogP contribution in [0, 0.1) is 0 Å². The van der Waals surface area contributed by atoms with Crippen LogP contribution in [0.5, 0.6) is 46.0 Å². The van der Waals surface area contributed by atoms with Crippen LogP contribution >= 0.6 is 0 Å². The van der Waals surface area contributed by atoms with Gasteiger partial charge in [0.1, 0.15) is 29.5 Å². The third-order valence-corrected chi connectivity index (χ3v) is 9.41.